The van der Waals surface area contributed by atoms with Crippen LogP contribution in [0, 0.1) is 6.92 Å². The predicted molar refractivity (Wildman–Crippen MR) is 77.7 cm³/mol. The average molecular weight is 282 g/mol. The van der Waals surface area contributed by atoms with Crippen molar-refractivity contribution in [2.24, 2.45) is 0 Å². The Hall–Kier alpha value is -2.96. The van der Waals surface area contributed by atoms with E-state index < -0.39 is 0 Å². The number of aryl methyl sites for hydroxylation is 1. The molecule has 1 aromatic carbocycles. The number of nitrogens with one attached hydrogen (secondary N) is 1. The number of rotatable bonds is 4. The Balaban J connectivity index is 1.83. The molecule has 106 valence electrons. The van der Waals surface area contributed by atoms with Crippen molar-refractivity contribution in [1.82, 2.24) is 24.7 Å². The monoisotopic (exact) mass is 282 g/mol. The van der Waals surface area contributed by atoms with Crippen LogP contribution in [0.2, 0.25) is 0 Å². The van der Waals surface area contributed by atoms with Gasteiger partial charge in [0.1, 0.15) is 18.0 Å². The lowest BCUT2D eigenvalue weighted by Gasteiger charge is -2.04. The molecule has 7 nitrogen and oxygen atoms in total. The van der Waals surface area contributed by atoms with E-state index in [0.29, 0.717) is 17.5 Å². The van der Waals surface area contributed by atoms with E-state index in [2.05, 4.69) is 25.4 Å². The fourth-order valence-electron chi connectivity index (χ4n) is 1.81. The summed E-state index contributed by atoms with van der Waals surface area (Å²) >= 11 is 0. The van der Waals surface area contributed by atoms with Gasteiger partial charge in [-0.2, -0.15) is 9.97 Å². The zero-order valence-electron chi connectivity index (χ0n) is 11.7. The molecule has 0 fully saturated rings. The Morgan fingerprint density at radius 3 is 2.71 bits per heavy atom. The number of nitrogens with zero attached hydrogens (tertiary/aromatic N) is 5. The number of ether oxygens (including phenoxy) is 1. The lowest BCUT2D eigenvalue weighted by Crippen LogP contribution is -1.99. The normalized spacial score (nSPS) is 10.4. The van der Waals surface area contributed by atoms with Crippen LogP contribution >= 0.6 is 0 Å². The van der Waals surface area contributed by atoms with Crippen LogP contribution in [-0.4, -0.2) is 31.8 Å². The van der Waals surface area contributed by atoms with Crippen LogP contribution in [0.15, 0.2) is 42.7 Å². The summed E-state index contributed by atoms with van der Waals surface area (Å²) in [6, 6.07) is 11.6. The van der Waals surface area contributed by atoms with Crippen molar-refractivity contribution in [2.45, 2.75) is 6.92 Å². The Kier molecular flexibility index (Phi) is 3.46. The number of hydrogen-bond donors (Lipinski definition) is 1. The highest BCUT2D eigenvalue weighted by Gasteiger charge is 2.08. The highest BCUT2D eigenvalue weighted by Crippen LogP contribution is 2.18. The number of para-hydroxylation sites is 1. The van der Waals surface area contributed by atoms with Gasteiger partial charge in [-0.05, 0) is 19.1 Å². The molecule has 0 bridgehead atoms. The molecule has 0 aliphatic rings. The van der Waals surface area contributed by atoms with Gasteiger partial charge in [0.05, 0.1) is 5.69 Å². The van der Waals surface area contributed by atoms with Crippen molar-refractivity contribution in [3.8, 4) is 17.6 Å². The molecule has 0 radical (unpaired) electrons. The molecular formula is C14H14N6O. The van der Waals surface area contributed by atoms with Crippen LogP contribution in [0.3, 0.4) is 0 Å². The van der Waals surface area contributed by atoms with Gasteiger partial charge in [-0.15, -0.1) is 5.10 Å². The van der Waals surface area contributed by atoms with E-state index in [0.717, 1.165) is 5.69 Å². The van der Waals surface area contributed by atoms with Crippen LogP contribution in [0.1, 0.15) is 5.82 Å². The minimum Gasteiger partial charge on any atom is -0.404 e. The number of anilines is 1. The van der Waals surface area contributed by atoms with Crippen molar-refractivity contribution in [2.75, 3.05) is 12.4 Å². The van der Waals surface area contributed by atoms with Crippen molar-refractivity contribution >= 4 is 5.82 Å². The summed E-state index contributed by atoms with van der Waals surface area (Å²) in [5.41, 5.74) is 0.912. The number of aromatic nitrogens is 5. The molecule has 0 amide bonds. The Morgan fingerprint density at radius 1 is 1.14 bits per heavy atom. The van der Waals surface area contributed by atoms with E-state index in [4.69, 9.17) is 4.74 Å². The molecule has 3 rings (SSSR count). The highest BCUT2D eigenvalue weighted by atomic mass is 16.5. The lowest BCUT2D eigenvalue weighted by molar-refractivity contribution is 0.422. The summed E-state index contributed by atoms with van der Waals surface area (Å²) in [6.45, 7) is 1.80. The summed E-state index contributed by atoms with van der Waals surface area (Å²) in [7, 11) is 1.79. The molecule has 7 heteroatoms. The summed E-state index contributed by atoms with van der Waals surface area (Å²) in [5, 5.41) is 7.21. The highest BCUT2D eigenvalue weighted by molar-refractivity contribution is 5.38. The molecule has 0 spiro atoms. The predicted octanol–water partition coefficient (Wildman–Crippen LogP) is 2.20. The smallest absolute Gasteiger partial charge is 0.342 e. The minimum atomic E-state index is 0.235. The third-order valence-electron chi connectivity index (χ3n) is 2.76. The van der Waals surface area contributed by atoms with E-state index in [1.165, 1.54) is 0 Å². The molecule has 2 aromatic heterocycles. The molecule has 0 atom stereocenters. The molecule has 0 aliphatic carbocycles. The molecule has 0 unspecified atom stereocenters. The van der Waals surface area contributed by atoms with Crippen molar-refractivity contribution in [3.63, 3.8) is 0 Å². The minimum absolute atomic E-state index is 0.235. The second-order valence-electron chi connectivity index (χ2n) is 4.30. The van der Waals surface area contributed by atoms with E-state index in [1.807, 2.05) is 30.3 Å². The maximum Gasteiger partial charge on any atom is 0.342 e. The summed E-state index contributed by atoms with van der Waals surface area (Å²) < 4.78 is 7.21. The van der Waals surface area contributed by atoms with E-state index in [9.17, 15) is 0 Å². The van der Waals surface area contributed by atoms with Gasteiger partial charge in [-0.3, -0.25) is 0 Å². The molecule has 1 N–H and O–H groups in total. The lowest BCUT2D eigenvalue weighted by atomic mass is 10.3. The van der Waals surface area contributed by atoms with Gasteiger partial charge in [-0.1, -0.05) is 18.2 Å². The third-order valence-corrected chi connectivity index (χ3v) is 2.76. The van der Waals surface area contributed by atoms with Crippen LogP contribution in [0.4, 0.5) is 5.82 Å². The van der Waals surface area contributed by atoms with Gasteiger partial charge in [0.15, 0.2) is 0 Å². The number of hydrogen-bond acceptors (Lipinski definition) is 6. The Bertz CT molecular complexity index is 740. The molecule has 0 saturated heterocycles. The van der Waals surface area contributed by atoms with Crippen molar-refractivity contribution in [3.05, 3.63) is 48.5 Å². The largest absolute Gasteiger partial charge is 0.404 e. The van der Waals surface area contributed by atoms with Gasteiger partial charge in [-0.25, -0.2) is 9.67 Å². The second-order valence-corrected chi connectivity index (χ2v) is 4.30. The van der Waals surface area contributed by atoms with Crippen LogP contribution in [-0.2, 0) is 0 Å². The van der Waals surface area contributed by atoms with Crippen molar-refractivity contribution in [1.29, 1.82) is 0 Å². The fraction of sp³-hybridized carbons (Fsp3) is 0.143. The molecule has 3 aromatic rings. The van der Waals surface area contributed by atoms with E-state index >= 15 is 0 Å². The molecule has 21 heavy (non-hydrogen) atoms. The van der Waals surface area contributed by atoms with Crippen molar-refractivity contribution < 1.29 is 4.74 Å². The van der Waals surface area contributed by atoms with E-state index in [-0.39, 0.29) is 6.01 Å². The van der Waals surface area contributed by atoms with Crippen LogP contribution < -0.4 is 10.1 Å². The van der Waals surface area contributed by atoms with Gasteiger partial charge < -0.3 is 10.1 Å². The van der Waals surface area contributed by atoms with Crippen LogP contribution in [0.5, 0.6) is 11.9 Å². The van der Waals surface area contributed by atoms with Gasteiger partial charge in [0, 0.05) is 13.1 Å². The zero-order chi connectivity index (χ0) is 14.7. The number of benzene rings is 1. The maximum absolute atomic E-state index is 5.57. The Labute approximate surface area is 121 Å². The second kappa shape index (κ2) is 5.58. The standard InChI is InChI=1S/C14H14N6O/c1-10-17-12(15-2)8-13(18-10)21-14-16-9-20(19-14)11-6-4-3-5-7-11/h3-9H,1-2H3,(H,15,17,18). The van der Waals surface area contributed by atoms with Gasteiger partial charge in [0.25, 0.3) is 0 Å². The first-order chi connectivity index (χ1) is 10.2. The summed E-state index contributed by atoms with van der Waals surface area (Å²) in [4.78, 5) is 12.5. The average Bonchev–Trinajstić information content (AvgIpc) is 2.96. The first kappa shape index (κ1) is 13.0. The van der Waals surface area contributed by atoms with Gasteiger partial charge >= 0.3 is 6.01 Å². The zero-order valence-corrected chi connectivity index (χ0v) is 11.7. The molecule has 0 aliphatic heterocycles. The van der Waals surface area contributed by atoms with Gasteiger partial charge in [0.2, 0.25) is 5.88 Å². The quantitative estimate of drug-likeness (QED) is 0.790. The molecule has 0 saturated carbocycles. The fourth-order valence-corrected chi connectivity index (χ4v) is 1.81. The van der Waals surface area contributed by atoms with Crippen LogP contribution in [0.25, 0.3) is 5.69 Å². The summed E-state index contributed by atoms with van der Waals surface area (Å²) in [5.74, 6) is 1.69. The summed E-state index contributed by atoms with van der Waals surface area (Å²) in [6.07, 6.45) is 1.59. The van der Waals surface area contributed by atoms with E-state index in [1.54, 1.807) is 31.0 Å². The topological polar surface area (TPSA) is 77.8 Å². The first-order valence-corrected chi connectivity index (χ1v) is 6.43. The maximum atomic E-state index is 5.57. The first-order valence-electron chi connectivity index (χ1n) is 6.43. The molecular weight excluding hydrogens is 268 g/mol. The SMILES string of the molecule is CNc1cc(Oc2ncn(-c3ccccc3)n2)nc(C)n1. The third kappa shape index (κ3) is 2.97. The molecule has 2 heterocycles. The Morgan fingerprint density at radius 2 is 1.95 bits per heavy atom.